The second-order valence-corrected chi connectivity index (χ2v) is 10.1. The third-order valence-corrected chi connectivity index (χ3v) is 7.05. The Hall–Kier alpha value is -2.24. The van der Waals surface area contributed by atoms with Crippen molar-refractivity contribution in [2.75, 3.05) is 19.6 Å². The number of hydrogen-bond acceptors (Lipinski definition) is 4. The third kappa shape index (κ3) is 7.12. The summed E-state index contributed by atoms with van der Waals surface area (Å²) in [6, 6.07) is 10.1. The van der Waals surface area contributed by atoms with E-state index >= 15 is 0 Å². The number of halogens is 4. The van der Waals surface area contributed by atoms with Crippen LogP contribution >= 0.6 is 15.9 Å². The Morgan fingerprint density at radius 1 is 0.848 bits per heavy atom. The van der Waals surface area contributed by atoms with E-state index in [1.807, 2.05) is 13.8 Å². The molecule has 0 aliphatic heterocycles. The van der Waals surface area contributed by atoms with Gasteiger partial charge in [0.25, 0.3) is 11.8 Å². The molecule has 0 aromatic heterocycles. The fraction of sp³-hybridized carbons (Fsp3) is 0.364. The van der Waals surface area contributed by atoms with Crippen molar-refractivity contribution in [3.8, 4) is 0 Å². The highest BCUT2D eigenvalue weighted by molar-refractivity contribution is 9.10. The van der Waals surface area contributed by atoms with Crippen molar-refractivity contribution in [1.82, 2.24) is 9.21 Å². The summed E-state index contributed by atoms with van der Waals surface area (Å²) < 4.78 is 67.1. The molecule has 0 radical (unpaired) electrons. The lowest BCUT2D eigenvalue weighted by atomic mass is 10.1. The van der Waals surface area contributed by atoms with E-state index < -0.39 is 34.6 Å². The molecule has 0 aliphatic carbocycles. The van der Waals surface area contributed by atoms with Gasteiger partial charge in [-0.25, -0.2) is 8.42 Å². The minimum Gasteiger partial charge on any atom is -0.269 e. The van der Waals surface area contributed by atoms with E-state index in [0.717, 1.165) is 24.3 Å². The van der Waals surface area contributed by atoms with Crippen molar-refractivity contribution in [2.45, 2.75) is 37.8 Å². The molecule has 0 saturated carbocycles. The van der Waals surface area contributed by atoms with E-state index in [0.29, 0.717) is 30.4 Å². The number of nitrogens with zero attached hydrogens (tertiary/aromatic N) is 2. The quantitative estimate of drug-likeness (QED) is 0.408. The lowest BCUT2D eigenvalue weighted by molar-refractivity contribution is -0.136. The molecular formula is C22H24BrF3N2O4S. The van der Waals surface area contributed by atoms with Gasteiger partial charge in [0.05, 0.1) is 4.90 Å². The first-order valence-electron chi connectivity index (χ1n) is 10.2. The third-order valence-electron chi connectivity index (χ3n) is 4.60. The van der Waals surface area contributed by atoms with E-state index in [1.165, 1.54) is 28.6 Å². The number of amides is 2. The fourth-order valence-corrected chi connectivity index (χ4v) is 4.98. The van der Waals surface area contributed by atoms with Gasteiger partial charge in [0.15, 0.2) is 0 Å². The van der Waals surface area contributed by atoms with E-state index in [1.54, 1.807) is 0 Å². The lowest BCUT2D eigenvalue weighted by Gasteiger charge is -2.23. The molecule has 0 aliphatic rings. The normalized spacial score (nSPS) is 12.1. The second-order valence-electron chi connectivity index (χ2n) is 7.25. The topological polar surface area (TPSA) is 74.8 Å². The van der Waals surface area contributed by atoms with Crippen LogP contribution in [0.2, 0.25) is 0 Å². The molecule has 2 rings (SSSR count). The van der Waals surface area contributed by atoms with Crippen molar-refractivity contribution in [3.63, 3.8) is 0 Å². The first-order valence-corrected chi connectivity index (χ1v) is 12.4. The first kappa shape index (κ1) is 27.0. The van der Waals surface area contributed by atoms with Crippen LogP contribution in [0.4, 0.5) is 13.2 Å². The number of imide groups is 1. The van der Waals surface area contributed by atoms with Gasteiger partial charge in [-0.05, 0) is 61.4 Å². The van der Waals surface area contributed by atoms with E-state index in [9.17, 15) is 31.2 Å². The van der Waals surface area contributed by atoms with Gasteiger partial charge in [-0.1, -0.05) is 29.8 Å². The highest BCUT2D eigenvalue weighted by Gasteiger charge is 2.37. The van der Waals surface area contributed by atoms with Crippen LogP contribution in [0.25, 0.3) is 0 Å². The summed E-state index contributed by atoms with van der Waals surface area (Å²) >= 11 is 3.17. The van der Waals surface area contributed by atoms with Crippen molar-refractivity contribution in [1.29, 1.82) is 0 Å². The maximum absolute atomic E-state index is 13.1. The first-order chi connectivity index (χ1) is 15.4. The van der Waals surface area contributed by atoms with Crippen LogP contribution in [0.15, 0.2) is 57.9 Å². The smallest absolute Gasteiger partial charge is 0.269 e. The van der Waals surface area contributed by atoms with Crippen LogP contribution in [-0.2, 0) is 10.0 Å². The van der Waals surface area contributed by atoms with Crippen molar-refractivity contribution < 1.29 is 31.2 Å². The van der Waals surface area contributed by atoms with Gasteiger partial charge >= 0.3 is 6.18 Å². The Bertz CT molecular complexity index is 1070. The van der Waals surface area contributed by atoms with Crippen LogP contribution in [-0.4, -0.2) is 55.2 Å². The number of carbonyl (C=O) groups is 2. The number of alkyl halides is 3. The number of benzene rings is 2. The van der Waals surface area contributed by atoms with Gasteiger partial charge in [-0.3, -0.25) is 14.5 Å². The summed E-state index contributed by atoms with van der Waals surface area (Å²) in [5, 5.41) is 0. The number of carbonyl (C=O) groups excluding carboxylic acids is 2. The average molecular weight is 549 g/mol. The number of rotatable bonds is 9. The van der Waals surface area contributed by atoms with Gasteiger partial charge in [0, 0.05) is 28.7 Å². The molecule has 0 unspecified atom stereocenters. The molecule has 33 heavy (non-hydrogen) atoms. The fourth-order valence-electron chi connectivity index (χ4n) is 3.09. The Labute approximate surface area is 199 Å². The van der Waals surface area contributed by atoms with Crippen molar-refractivity contribution in [2.24, 2.45) is 0 Å². The van der Waals surface area contributed by atoms with Gasteiger partial charge in [-0.15, -0.1) is 0 Å². The summed E-state index contributed by atoms with van der Waals surface area (Å²) in [6.07, 6.45) is -3.59. The minimum absolute atomic E-state index is 0.0810. The van der Waals surface area contributed by atoms with Gasteiger partial charge in [-0.2, -0.15) is 17.5 Å². The summed E-state index contributed by atoms with van der Waals surface area (Å²) in [7, 11) is -3.82. The van der Waals surface area contributed by atoms with E-state index in [2.05, 4.69) is 15.9 Å². The SMILES string of the molecule is CCCN(CCC)S(=O)(=O)c1ccc(C(=O)N(CC(F)(F)F)C(=O)c2ccc(Br)cc2)cc1. The summed E-state index contributed by atoms with van der Waals surface area (Å²) in [4.78, 5) is 25.6. The van der Waals surface area contributed by atoms with Gasteiger partial charge < -0.3 is 0 Å². The minimum atomic E-state index is -4.81. The maximum atomic E-state index is 13.1. The van der Waals surface area contributed by atoms with Crippen molar-refractivity contribution >= 4 is 37.8 Å². The summed E-state index contributed by atoms with van der Waals surface area (Å²) in [6.45, 7) is 2.55. The zero-order chi connectivity index (χ0) is 24.8. The summed E-state index contributed by atoms with van der Waals surface area (Å²) in [5.41, 5.74) is -0.328. The molecule has 0 spiro atoms. The standard InChI is InChI=1S/C22H24BrF3N2O4S/c1-3-13-27(14-4-2)33(31,32)19-11-7-17(8-12-19)21(30)28(15-22(24,25)26)20(29)16-5-9-18(23)10-6-16/h5-12H,3-4,13-15H2,1-2H3. The van der Waals surface area contributed by atoms with Crippen LogP contribution < -0.4 is 0 Å². The molecule has 0 heterocycles. The van der Waals surface area contributed by atoms with Crippen LogP contribution in [0.5, 0.6) is 0 Å². The Morgan fingerprint density at radius 2 is 1.27 bits per heavy atom. The average Bonchev–Trinajstić information content (AvgIpc) is 2.76. The molecular weight excluding hydrogens is 525 g/mol. The molecule has 0 atom stereocenters. The Balaban J connectivity index is 2.37. The van der Waals surface area contributed by atoms with Crippen molar-refractivity contribution in [3.05, 3.63) is 64.1 Å². The number of sulfonamides is 1. The highest BCUT2D eigenvalue weighted by Crippen LogP contribution is 2.23. The molecule has 0 fully saturated rings. The monoisotopic (exact) mass is 548 g/mol. The second kappa shape index (κ2) is 11.3. The predicted octanol–water partition coefficient (Wildman–Crippen LogP) is 5.10. The summed E-state index contributed by atoms with van der Waals surface area (Å²) in [5.74, 6) is -2.29. The maximum Gasteiger partial charge on any atom is 0.406 e. The van der Waals surface area contributed by atoms with Crippen LogP contribution in [0.3, 0.4) is 0 Å². The van der Waals surface area contributed by atoms with E-state index in [4.69, 9.17) is 0 Å². The molecule has 2 aromatic rings. The van der Waals surface area contributed by atoms with E-state index in [-0.39, 0.29) is 20.9 Å². The molecule has 11 heteroatoms. The molecule has 0 saturated heterocycles. The molecule has 2 aromatic carbocycles. The molecule has 0 N–H and O–H groups in total. The molecule has 2 amide bonds. The zero-order valence-electron chi connectivity index (χ0n) is 18.1. The van der Waals surface area contributed by atoms with Crippen LogP contribution in [0.1, 0.15) is 47.4 Å². The number of hydrogen-bond donors (Lipinski definition) is 0. The lowest BCUT2D eigenvalue weighted by Crippen LogP contribution is -2.43. The Morgan fingerprint density at radius 3 is 1.67 bits per heavy atom. The predicted molar refractivity (Wildman–Crippen MR) is 121 cm³/mol. The highest BCUT2D eigenvalue weighted by atomic mass is 79.9. The molecule has 0 bridgehead atoms. The van der Waals surface area contributed by atoms with Gasteiger partial charge in [0.1, 0.15) is 6.54 Å². The largest absolute Gasteiger partial charge is 0.406 e. The molecule has 180 valence electrons. The van der Waals surface area contributed by atoms with Crippen LogP contribution in [0, 0.1) is 0 Å². The zero-order valence-corrected chi connectivity index (χ0v) is 20.5. The van der Waals surface area contributed by atoms with Gasteiger partial charge in [0.2, 0.25) is 10.0 Å². The Kier molecular flexibility index (Phi) is 9.21. The molecule has 6 nitrogen and oxygen atoms in total.